The molecular formula is C49H69N6O11S3+. The van der Waals surface area contributed by atoms with Gasteiger partial charge in [-0.25, -0.2) is 4.79 Å². The number of carbonyl (C=O) groups excluding carboxylic acids is 3. The van der Waals surface area contributed by atoms with Gasteiger partial charge >= 0.3 is 6.03 Å². The van der Waals surface area contributed by atoms with E-state index in [2.05, 4.69) is 33.1 Å². The number of allylic oxidation sites excluding steroid dienone is 6. The Hall–Kier alpha value is -4.57. The molecule has 2 fully saturated rings. The van der Waals surface area contributed by atoms with Crippen LogP contribution in [-0.4, -0.2) is 130 Å². The second-order valence-corrected chi connectivity index (χ2v) is 23.3. The van der Waals surface area contributed by atoms with E-state index in [-0.39, 0.29) is 39.2 Å². The van der Waals surface area contributed by atoms with Crippen molar-refractivity contribution in [3.8, 4) is 0 Å². The Morgan fingerprint density at radius 1 is 0.812 bits per heavy atom. The molecule has 6 rings (SSSR count). The van der Waals surface area contributed by atoms with Gasteiger partial charge in [0.05, 0.1) is 53.2 Å². The van der Waals surface area contributed by atoms with Gasteiger partial charge in [-0.3, -0.25) is 18.7 Å². The van der Waals surface area contributed by atoms with Gasteiger partial charge in [0.2, 0.25) is 17.5 Å². The number of fused-ring (bicyclic) bond motifs is 3. The van der Waals surface area contributed by atoms with Gasteiger partial charge < -0.3 is 35.6 Å². The molecule has 4 amide bonds. The lowest BCUT2D eigenvalue weighted by Gasteiger charge is -2.27. The summed E-state index contributed by atoms with van der Waals surface area (Å²) in [6.45, 7) is 13.0. The quantitative estimate of drug-likeness (QED) is 0.0223. The van der Waals surface area contributed by atoms with Crippen molar-refractivity contribution in [3.63, 3.8) is 0 Å². The van der Waals surface area contributed by atoms with Crippen molar-refractivity contribution in [1.82, 2.24) is 21.3 Å². The zero-order chi connectivity index (χ0) is 50.2. The summed E-state index contributed by atoms with van der Waals surface area (Å²) in [5.74, 6) is 0.832. The molecule has 69 heavy (non-hydrogen) atoms. The van der Waals surface area contributed by atoms with Crippen molar-refractivity contribution in [2.45, 2.75) is 123 Å². The van der Waals surface area contributed by atoms with Crippen molar-refractivity contribution in [3.05, 3.63) is 83.6 Å². The van der Waals surface area contributed by atoms with Crippen LogP contribution in [0.4, 0.5) is 16.2 Å². The third kappa shape index (κ3) is 13.2. The molecule has 0 radical (unpaired) electrons. The highest BCUT2D eigenvalue weighted by atomic mass is 32.2. The fourth-order valence-corrected chi connectivity index (χ4v) is 12.4. The Bertz CT molecular complexity index is 2590. The molecule has 6 N–H and O–H groups in total. The molecule has 0 unspecified atom stereocenters. The van der Waals surface area contributed by atoms with E-state index >= 15 is 0 Å². The molecule has 4 aliphatic heterocycles. The molecule has 378 valence electrons. The number of urea groups is 1. The molecule has 0 saturated carbocycles. The lowest BCUT2D eigenvalue weighted by Crippen LogP contribution is -2.47. The van der Waals surface area contributed by atoms with Crippen LogP contribution in [0.2, 0.25) is 0 Å². The zero-order valence-electron chi connectivity index (χ0n) is 40.5. The van der Waals surface area contributed by atoms with Crippen LogP contribution in [0.3, 0.4) is 0 Å². The predicted molar refractivity (Wildman–Crippen MR) is 268 cm³/mol. The number of hydrogen-bond acceptors (Lipinski definition) is 11. The van der Waals surface area contributed by atoms with Crippen LogP contribution in [-0.2, 0) is 50.1 Å². The number of amides is 4. The summed E-state index contributed by atoms with van der Waals surface area (Å²) in [5, 5.41) is 12.2. The summed E-state index contributed by atoms with van der Waals surface area (Å²) < 4.78 is 80.6. The highest BCUT2D eigenvalue weighted by Gasteiger charge is 2.51. The highest BCUT2D eigenvalue weighted by Crippen LogP contribution is 2.49. The minimum Gasteiger partial charge on any atom is -0.377 e. The van der Waals surface area contributed by atoms with Crippen molar-refractivity contribution in [2.75, 3.05) is 63.8 Å². The number of thioether (sulfide) groups is 1. The second kappa shape index (κ2) is 22.7. The number of carbonyl (C=O) groups is 3. The third-order valence-electron chi connectivity index (χ3n) is 13.5. The van der Waals surface area contributed by atoms with Gasteiger partial charge in [0.1, 0.15) is 7.05 Å². The van der Waals surface area contributed by atoms with Crippen molar-refractivity contribution in [1.29, 1.82) is 0 Å². The number of nitrogens with zero attached hydrogens (tertiary/aromatic N) is 2. The molecule has 20 heteroatoms. The summed E-state index contributed by atoms with van der Waals surface area (Å²) in [6, 6.07) is 9.29. The fraction of sp³-hybridized carbons (Fsp3) is 0.551. The number of ether oxygens (including phenoxy) is 2. The van der Waals surface area contributed by atoms with E-state index in [9.17, 15) is 40.3 Å². The lowest BCUT2D eigenvalue weighted by atomic mass is 9.81. The molecular weight excluding hydrogens is 945 g/mol. The molecule has 2 aromatic rings. The van der Waals surface area contributed by atoms with Gasteiger partial charge in [0.25, 0.3) is 20.2 Å². The van der Waals surface area contributed by atoms with E-state index in [0.717, 1.165) is 71.8 Å². The normalized spacial score (nSPS) is 22.1. The first kappa shape index (κ1) is 53.8. The molecule has 3 atom stereocenters. The van der Waals surface area contributed by atoms with Crippen LogP contribution < -0.4 is 26.2 Å². The van der Waals surface area contributed by atoms with Crippen LogP contribution in [0, 0.1) is 0 Å². The Kier molecular flexibility index (Phi) is 17.7. The van der Waals surface area contributed by atoms with E-state index in [1.54, 1.807) is 12.1 Å². The fourth-order valence-electron chi connectivity index (χ4n) is 9.71. The van der Waals surface area contributed by atoms with Gasteiger partial charge in [-0.1, -0.05) is 44.9 Å². The maximum atomic E-state index is 12.6. The topological polar surface area (TPSA) is 233 Å². The summed E-state index contributed by atoms with van der Waals surface area (Å²) in [5.41, 5.74) is 3.76. The Morgan fingerprint density at radius 3 is 2.06 bits per heavy atom. The molecule has 2 saturated heterocycles. The Morgan fingerprint density at radius 2 is 1.42 bits per heavy atom. The monoisotopic (exact) mass is 1010 g/mol. The van der Waals surface area contributed by atoms with E-state index < -0.39 is 31.1 Å². The molecule has 0 bridgehead atoms. The molecule has 4 aliphatic rings. The Balaban J connectivity index is 0.875. The molecule has 2 aromatic carbocycles. The summed E-state index contributed by atoms with van der Waals surface area (Å²) >= 11 is 1.88. The van der Waals surface area contributed by atoms with Crippen molar-refractivity contribution in [2.24, 2.45) is 0 Å². The SMILES string of the molecule is C[N+]1=C(/C=C/C=C/C=C2/N(CCCCCC(=O)NCCOCCOCCNC(=O)CCCC[C@@H]3SC[C@]4(C)NC(=O)N[C@H]34)c3ccc(S(=O)(=O)O)cc3C2(C)C)C(C)(C)c2cc(S(=O)(=O)O)ccc21. The third-order valence-corrected chi connectivity index (χ3v) is 16.9. The van der Waals surface area contributed by atoms with E-state index in [0.29, 0.717) is 70.6 Å². The van der Waals surface area contributed by atoms with Gasteiger partial charge in [-0.15, -0.1) is 0 Å². The average molecular weight is 1010 g/mol. The maximum Gasteiger partial charge on any atom is 0.315 e. The lowest BCUT2D eigenvalue weighted by molar-refractivity contribution is -0.401. The number of anilines is 1. The largest absolute Gasteiger partial charge is 0.377 e. The molecule has 0 aromatic heterocycles. The number of nitrogens with one attached hydrogen (secondary N) is 4. The summed E-state index contributed by atoms with van der Waals surface area (Å²) in [4.78, 5) is 38.4. The summed E-state index contributed by atoms with van der Waals surface area (Å²) in [6.07, 6.45) is 15.4. The minimum absolute atomic E-state index is 0.00187. The number of unbranched alkanes of at least 4 members (excludes halogenated alkanes) is 3. The van der Waals surface area contributed by atoms with Crippen LogP contribution in [0.25, 0.3) is 0 Å². The smallest absolute Gasteiger partial charge is 0.315 e. The first-order valence-corrected chi connectivity index (χ1v) is 27.5. The van der Waals surface area contributed by atoms with Crippen LogP contribution in [0.1, 0.15) is 97.1 Å². The highest BCUT2D eigenvalue weighted by molar-refractivity contribution is 8.00. The first-order chi connectivity index (χ1) is 32.5. The van der Waals surface area contributed by atoms with E-state index in [1.807, 2.05) is 81.5 Å². The first-order valence-electron chi connectivity index (χ1n) is 23.6. The van der Waals surface area contributed by atoms with Crippen molar-refractivity contribution >= 4 is 66.9 Å². The molecule has 0 spiro atoms. The maximum absolute atomic E-state index is 12.6. The van der Waals surface area contributed by atoms with Gasteiger partial charge in [-0.05, 0) is 88.4 Å². The molecule has 4 heterocycles. The zero-order valence-corrected chi connectivity index (χ0v) is 43.0. The predicted octanol–water partition coefficient (Wildman–Crippen LogP) is 5.92. The van der Waals surface area contributed by atoms with Crippen molar-refractivity contribution < 1.29 is 54.4 Å². The minimum atomic E-state index is -4.43. The van der Waals surface area contributed by atoms with E-state index in [1.165, 1.54) is 24.3 Å². The summed E-state index contributed by atoms with van der Waals surface area (Å²) in [7, 11) is -6.88. The average Bonchev–Trinajstić information content (AvgIpc) is 3.88. The number of rotatable bonds is 25. The van der Waals surface area contributed by atoms with Gasteiger partial charge in [-0.2, -0.15) is 33.2 Å². The van der Waals surface area contributed by atoms with Gasteiger partial charge in [0, 0.05) is 78.0 Å². The molecule has 0 aliphatic carbocycles. The number of benzene rings is 2. The van der Waals surface area contributed by atoms with Crippen LogP contribution in [0.5, 0.6) is 0 Å². The molecule has 17 nitrogen and oxygen atoms in total. The second-order valence-electron chi connectivity index (χ2n) is 19.3. The van der Waals surface area contributed by atoms with Crippen LogP contribution in [0.15, 0.2) is 82.3 Å². The van der Waals surface area contributed by atoms with Gasteiger partial charge in [0.15, 0.2) is 5.71 Å². The Labute approximate surface area is 411 Å². The number of hydrogen-bond donors (Lipinski definition) is 6. The van der Waals surface area contributed by atoms with Crippen LogP contribution >= 0.6 is 11.8 Å². The van der Waals surface area contributed by atoms with E-state index in [4.69, 9.17) is 9.47 Å². The standard InChI is InChI=1S/C49H68N6O11S3/c1-47(2)36-31-34(68(59,60)61)20-22-38(36)54(6)41(47)16-9-7-10-17-42-48(3,4)37-32-35(69(62,63)64)21-23-39(37)55(42)26-14-8-11-18-43(56)50-24-27-65-29-30-66-28-25-51-44(57)19-13-12-15-40-45-49(5,33-67-40)53-46(58)52-45/h7,9-10,16-17,20-23,31-32,40,45H,8,11-15,18-19,24-30,33H2,1-6H3,(H5-,50,51,52,53,56,57,58,59,60,61,62,63,64)/p+1/t40-,45+,49-/m0/s1.